The van der Waals surface area contributed by atoms with Crippen LogP contribution in [0.5, 0.6) is 0 Å². The summed E-state index contributed by atoms with van der Waals surface area (Å²) in [5.41, 5.74) is 0. The Morgan fingerprint density at radius 2 is 2.21 bits per heavy atom. The van der Waals surface area contributed by atoms with E-state index in [4.69, 9.17) is 5.11 Å². The van der Waals surface area contributed by atoms with E-state index in [1.165, 1.54) is 0 Å². The number of aliphatic carboxylic acids is 1. The van der Waals surface area contributed by atoms with Gasteiger partial charge in [-0.05, 0) is 25.2 Å². The molecule has 1 aromatic heterocycles. The van der Waals surface area contributed by atoms with E-state index in [0.717, 1.165) is 11.4 Å². The number of aryl methyl sites for hydroxylation is 1. The van der Waals surface area contributed by atoms with E-state index in [9.17, 15) is 9.59 Å². The predicted molar refractivity (Wildman–Crippen MR) is 74.1 cm³/mol. The molecular formula is C13H20N2O3S. The minimum absolute atomic E-state index is 0.204. The lowest BCUT2D eigenvalue weighted by molar-refractivity contribution is -0.142. The Hall–Kier alpha value is -1.43. The van der Waals surface area contributed by atoms with Crippen molar-refractivity contribution in [2.75, 3.05) is 0 Å². The van der Waals surface area contributed by atoms with Gasteiger partial charge in [0, 0.05) is 18.0 Å². The fraction of sp³-hybridized carbons (Fsp3) is 0.615. The van der Waals surface area contributed by atoms with Crippen LogP contribution in [0.3, 0.4) is 0 Å². The van der Waals surface area contributed by atoms with Crippen molar-refractivity contribution in [2.24, 2.45) is 5.92 Å². The van der Waals surface area contributed by atoms with E-state index in [1.54, 1.807) is 17.5 Å². The Bertz CT molecular complexity index is 404. The molecule has 0 saturated heterocycles. The van der Waals surface area contributed by atoms with Gasteiger partial charge in [0.1, 0.15) is 6.04 Å². The van der Waals surface area contributed by atoms with Crippen LogP contribution >= 0.6 is 11.3 Å². The highest BCUT2D eigenvalue weighted by Crippen LogP contribution is 2.09. The molecule has 1 rings (SSSR count). The highest BCUT2D eigenvalue weighted by molar-refractivity contribution is 7.09. The first-order valence-electron chi connectivity index (χ1n) is 6.39. The summed E-state index contributed by atoms with van der Waals surface area (Å²) in [7, 11) is 0. The molecule has 0 fully saturated rings. The Kier molecular flexibility index (Phi) is 6.49. The fourth-order valence-corrected chi connectivity index (χ4v) is 2.40. The second-order valence-electron chi connectivity index (χ2n) is 4.87. The maximum atomic E-state index is 11.7. The van der Waals surface area contributed by atoms with Gasteiger partial charge in [0.25, 0.3) is 0 Å². The average Bonchev–Trinajstić information content (AvgIpc) is 2.80. The van der Waals surface area contributed by atoms with Crippen LogP contribution in [-0.4, -0.2) is 28.0 Å². The van der Waals surface area contributed by atoms with E-state index in [1.807, 2.05) is 19.2 Å². The minimum atomic E-state index is -0.970. The summed E-state index contributed by atoms with van der Waals surface area (Å²) < 4.78 is 0. The molecule has 0 bridgehead atoms. The molecule has 1 aromatic rings. The zero-order valence-electron chi connectivity index (χ0n) is 11.3. The maximum Gasteiger partial charge on any atom is 0.326 e. The molecule has 1 heterocycles. The van der Waals surface area contributed by atoms with Gasteiger partial charge in [-0.3, -0.25) is 4.79 Å². The number of hydrogen-bond acceptors (Lipinski definition) is 4. The number of thiazole rings is 1. The summed E-state index contributed by atoms with van der Waals surface area (Å²) in [4.78, 5) is 26.8. The molecule has 0 spiro atoms. The van der Waals surface area contributed by atoms with E-state index >= 15 is 0 Å². The summed E-state index contributed by atoms with van der Waals surface area (Å²) in [6, 6.07) is -0.785. The van der Waals surface area contributed by atoms with Gasteiger partial charge in [0.15, 0.2) is 0 Å². The van der Waals surface area contributed by atoms with Crippen molar-refractivity contribution in [2.45, 2.75) is 45.6 Å². The smallest absolute Gasteiger partial charge is 0.326 e. The summed E-state index contributed by atoms with van der Waals surface area (Å²) in [6.45, 7) is 3.87. The van der Waals surface area contributed by atoms with Gasteiger partial charge >= 0.3 is 5.97 Å². The Morgan fingerprint density at radius 1 is 1.47 bits per heavy atom. The lowest BCUT2D eigenvalue weighted by Crippen LogP contribution is -2.41. The first-order valence-corrected chi connectivity index (χ1v) is 7.27. The summed E-state index contributed by atoms with van der Waals surface area (Å²) in [5, 5.41) is 14.5. The number of aromatic nitrogens is 1. The van der Waals surface area contributed by atoms with Crippen molar-refractivity contribution in [3.05, 3.63) is 16.6 Å². The van der Waals surface area contributed by atoms with Crippen LogP contribution in [0.15, 0.2) is 11.6 Å². The molecule has 5 nitrogen and oxygen atoms in total. The van der Waals surface area contributed by atoms with Gasteiger partial charge in [0.2, 0.25) is 5.91 Å². The third-order valence-corrected chi connectivity index (χ3v) is 3.46. The lowest BCUT2D eigenvalue weighted by atomic mass is 10.0. The van der Waals surface area contributed by atoms with Gasteiger partial charge < -0.3 is 10.4 Å². The number of nitrogens with zero attached hydrogens (tertiary/aromatic N) is 1. The molecule has 106 valence electrons. The van der Waals surface area contributed by atoms with Gasteiger partial charge in [-0.15, -0.1) is 11.3 Å². The number of carbonyl (C=O) groups is 2. The fourth-order valence-electron chi connectivity index (χ4n) is 1.74. The molecule has 0 radical (unpaired) electrons. The third-order valence-electron chi connectivity index (χ3n) is 2.62. The minimum Gasteiger partial charge on any atom is -0.480 e. The number of carboxylic acids is 1. The van der Waals surface area contributed by atoms with Crippen molar-refractivity contribution in [1.29, 1.82) is 0 Å². The van der Waals surface area contributed by atoms with Crippen LogP contribution < -0.4 is 5.32 Å². The second-order valence-corrected chi connectivity index (χ2v) is 5.85. The largest absolute Gasteiger partial charge is 0.480 e. The summed E-state index contributed by atoms with van der Waals surface area (Å²) in [6.07, 6.45) is 3.97. The highest BCUT2D eigenvalue weighted by atomic mass is 32.1. The van der Waals surface area contributed by atoms with Gasteiger partial charge in [-0.25, -0.2) is 9.78 Å². The van der Waals surface area contributed by atoms with Crippen LogP contribution in [0.1, 0.15) is 38.1 Å². The Morgan fingerprint density at radius 3 is 2.74 bits per heavy atom. The molecule has 2 N–H and O–H groups in total. The van der Waals surface area contributed by atoms with E-state index in [0.29, 0.717) is 19.3 Å². The summed E-state index contributed by atoms with van der Waals surface area (Å²) >= 11 is 1.56. The molecule has 1 unspecified atom stereocenters. The SMILES string of the molecule is CC(C)CC(NC(=O)CCCc1nccs1)C(=O)O. The molecule has 19 heavy (non-hydrogen) atoms. The van der Waals surface area contributed by atoms with Crippen molar-refractivity contribution in [1.82, 2.24) is 10.3 Å². The number of amides is 1. The molecule has 0 aliphatic heterocycles. The zero-order chi connectivity index (χ0) is 14.3. The first-order chi connectivity index (χ1) is 8.99. The van der Waals surface area contributed by atoms with Crippen molar-refractivity contribution >= 4 is 23.2 Å². The molecule has 1 atom stereocenters. The van der Waals surface area contributed by atoms with Crippen molar-refractivity contribution in [3.63, 3.8) is 0 Å². The number of carboxylic acid groups (broad SMARTS) is 1. The zero-order valence-corrected chi connectivity index (χ0v) is 12.1. The topological polar surface area (TPSA) is 79.3 Å². The highest BCUT2D eigenvalue weighted by Gasteiger charge is 2.20. The van der Waals surface area contributed by atoms with Crippen LogP contribution in [0, 0.1) is 5.92 Å². The van der Waals surface area contributed by atoms with Gasteiger partial charge in [-0.2, -0.15) is 0 Å². The Labute approximate surface area is 117 Å². The van der Waals surface area contributed by atoms with Crippen LogP contribution in [0.4, 0.5) is 0 Å². The van der Waals surface area contributed by atoms with Gasteiger partial charge in [-0.1, -0.05) is 13.8 Å². The Balaban J connectivity index is 2.30. The van der Waals surface area contributed by atoms with Gasteiger partial charge in [0.05, 0.1) is 5.01 Å². The third kappa shape index (κ3) is 6.33. The van der Waals surface area contributed by atoms with Crippen molar-refractivity contribution in [3.8, 4) is 0 Å². The standard InChI is InChI=1S/C13H20N2O3S/c1-9(2)8-10(13(17)18)15-11(16)4-3-5-12-14-6-7-19-12/h6-7,9-10H,3-5,8H2,1-2H3,(H,15,16)(H,17,18). The number of nitrogens with one attached hydrogen (secondary N) is 1. The van der Waals surface area contributed by atoms with Crippen LogP contribution in [-0.2, 0) is 16.0 Å². The monoisotopic (exact) mass is 284 g/mol. The van der Waals surface area contributed by atoms with E-state index in [2.05, 4.69) is 10.3 Å². The summed E-state index contributed by atoms with van der Waals surface area (Å²) in [5.74, 6) is -0.941. The first kappa shape index (κ1) is 15.6. The van der Waals surface area contributed by atoms with Crippen LogP contribution in [0.2, 0.25) is 0 Å². The normalized spacial score (nSPS) is 12.4. The quantitative estimate of drug-likeness (QED) is 0.766. The van der Waals surface area contributed by atoms with E-state index in [-0.39, 0.29) is 11.8 Å². The van der Waals surface area contributed by atoms with Crippen molar-refractivity contribution < 1.29 is 14.7 Å². The molecule has 0 saturated carbocycles. The maximum absolute atomic E-state index is 11.7. The lowest BCUT2D eigenvalue weighted by Gasteiger charge is -2.16. The number of hydrogen-bond donors (Lipinski definition) is 2. The predicted octanol–water partition coefficient (Wildman–Crippen LogP) is 2.08. The molecule has 0 aromatic carbocycles. The molecule has 1 amide bonds. The van der Waals surface area contributed by atoms with Crippen LogP contribution in [0.25, 0.3) is 0 Å². The number of carbonyl (C=O) groups excluding carboxylic acids is 1. The molecule has 0 aliphatic carbocycles. The molecule has 6 heteroatoms. The molecular weight excluding hydrogens is 264 g/mol. The second kappa shape index (κ2) is 7.89. The van der Waals surface area contributed by atoms with E-state index < -0.39 is 12.0 Å². The molecule has 0 aliphatic rings. The average molecular weight is 284 g/mol. The number of rotatable bonds is 8.